The number of phenols is 2. The molecule has 122 valence electrons. The molecule has 5 nitrogen and oxygen atoms in total. The van der Waals surface area contributed by atoms with Crippen molar-refractivity contribution < 1.29 is 10.2 Å². The molecule has 0 fully saturated rings. The summed E-state index contributed by atoms with van der Waals surface area (Å²) in [7, 11) is 0. The summed E-state index contributed by atoms with van der Waals surface area (Å²) < 4.78 is 0. The third kappa shape index (κ3) is 3.25. The highest BCUT2D eigenvalue weighted by Gasteiger charge is 2.08. The van der Waals surface area contributed by atoms with E-state index < -0.39 is 0 Å². The summed E-state index contributed by atoms with van der Waals surface area (Å²) in [6, 6.07) is 16.5. The monoisotopic (exact) mass is 347 g/mol. The van der Waals surface area contributed by atoms with Gasteiger partial charge >= 0.3 is 0 Å². The number of nitrogens with zero attached hydrogens (tertiary/aromatic N) is 3. The highest BCUT2D eigenvalue weighted by Crippen LogP contribution is 2.33. The van der Waals surface area contributed by atoms with Gasteiger partial charge < -0.3 is 10.2 Å². The summed E-state index contributed by atoms with van der Waals surface area (Å²) in [6.07, 6.45) is 3.33. The van der Waals surface area contributed by atoms with Crippen LogP contribution >= 0.6 is 11.8 Å². The molecular formula is C19H13N3O2S. The Labute approximate surface area is 148 Å². The summed E-state index contributed by atoms with van der Waals surface area (Å²) >= 11 is 1.35. The van der Waals surface area contributed by atoms with Gasteiger partial charge in [0.1, 0.15) is 10.7 Å². The number of aromatic nitrogens is 3. The van der Waals surface area contributed by atoms with Gasteiger partial charge in [0.25, 0.3) is 0 Å². The first-order valence-corrected chi connectivity index (χ1v) is 8.39. The van der Waals surface area contributed by atoms with Crippen molar-refractivity contribution in [2.75, 3.05) is 0 Å². The van der Waals surface area contributed by atoms with E-state index in [9.17, 15) is 10.2 Å². The predicted octanol–water partition coefficient (Wildman–Crippen LogP) is 4.25. The van der Waals surface area contributed by atoms with E-state index in [1.807, 2.05) is 36.4 Å². The lowest BCUT2D eigenvalue weighted by Gasteiger charge is -2.06. The highest BCUT2D eigenvalue weighted by atomic mass is 32.2. The summed E-state index contributed by atoms with van der Waals surface area (Å²) in [6.45, 7) is 0. The van der Waals surface area contributed by atoms with Gasteiger partial charge in [0.2, 0.25) is 0 Å². The Morgan fingerprint density at radius 2 is 1.64 bits per heavy atom. The molecule has 2 aromatic heterocycles. The standard InChI is InChI=1S/C19H13N3O2S/c23-17-8-6-13(9-18(17)24)25-19-11-20-10-16(22-19)15-7-5-12-3-1-2-4-14(12)21-15/h1-11,23-24H. The van der Waals surface area contributed by atoms with E-state index in [0.717, 1.165) is 21.5 Å². The Morgan fingerprint density at radius 3 is 2.52 bits per heavy atom. The molecule has 0 spiro atoms. The SMILES string of the molecule is Oc1ccc(Sc2cncc(-c3ccc4ccccc4n3)n2)cc1O. The Morgan fingerprint density at radius 1 is 0.760 bits per heavy atom. The summed E-state index contributed by atoms with van der Waals surface area (Å²) in [5.74, 6) is -0.310. The molecule has 2 aromatic carbocycles. The molecule has 4 aromatic rings. The quantitative estimate of drug-likeness (QED) is 0.539. The molecule has 0 bridgehead atoms. The minimum atomic E-state index is -0.162. The van der Waals surface area contributed by atoms with E-state index in [0.29, 0.717) is 10.7 Å². The van der Waals surface area contributed by atoms with Gasteiger partial charge in [-0.05, 0) is 30.3 Å². The second kappa shape index (κ2) is 6.41. The van der Waals surface area contributed by atoms with Crippen molar-refractivity contribution in [2.24, 2.45) is 0 Å². The molecule has 0 aliphatic rings. The first-order chi connectivity index (χ1) is 12.2. The first kappa shape index (κ1) is 15.4. The lowest BCUT2D eigenvalue weighted by Crippen LogP contribution is -1.91. The van der Waals surface area contributed by atoms with Crippen LogP contribution in [0.4, 0.5) is 0 Å². The number of fused-ring (bicyclic) bond motifs is 1. The van der Waals surface area contributed by atoms with E-state index in [2.05, 4.69) is 15.0 Å². The molecule has 0 aliphatic carbocycles. The molecule has 0 aliphatic heterocycles. The van der Waals surface area contributed by atoms with Crippen LogP contribution in [0.2, 0.25) is 0 Å². The third-order valence-corrected chi connectivity index (χ3v) is 4.54. The van der Waals surface area contributed by atoms with Crippen LogP contribution in [-0.4, -0.2) is 25.2 Å². The van der Waals surface area contributed by atoms with Crippen LogP contribution < -0.4 is 0 Å². The Kier molecular flexibility index (Phi) is 3.95. The fourth-order valence-corrected chi connectivity index (χ4v) is 3.22. The van der Waals surface area contributed by atoms with Crippen molar-refractivity contribution in [2.45, 2.75) is 9.92 Å². The molecule has 2 N–H and O–H groups in total. The van der Waals surface area contributed by atoms with Crippen molar-refractivity contribution >= 4 is 22.7 Å². The summed E-state index contributed by atoms with van der Waals surface area (Å²) in [5, 5.41) is 20.7. The molecule has 0 saturated carbocycles. The predicted molar refractivity (Wildman–Crippen MR) is 96.7 cm³/mol. The Hall–Kier alpha value is -3.12. The van der Waals surface area contributed by atoms with Crippen LogP contribution in [0.3, 0.4) is 0 Å². The van der Waals surface area contributed by atoms with Crippen LogP contribution in [0.25, 0.3) is 22.3 Å². The van der Waals surface area contributed by atoms with Gasteiger partial charge in [0.15, 0.2) is 11.5 Å². The lowest BCUT2D eigenvalue weighted by molar-refractivity contribution is 0.402. The Bertz CT molecular complexity index is 1070. The Balaban J connectivity index is 1.67. The maximum absolute atomic E-state index is 9.60. The molecule has 0 amide bonds. The van der Waals surface area contributed by atoms with Gasteiger partial charge in [-0.1, -0.05) is 36.0 Å². The topological polar surface area (TPSA) is 79.1 Å². The van der Waals surface area contributed by atoms with Gasteiger partial charge in [-0.2, -0.15) is 0 Å². The molecule has 6 heteroatoms. The normalized spacial score (nSPS) is 10.9. The van der Waals surface area contributed by atoms with E-state index in [1.54, 1.807) is 18.5 Å². The number of hydrogen-bond acceptors (Lipinski definition) is 6. The number of rotatable bonds is 3. The maximum Gasteiger partial charge on any atom is 0.158 e. The van der Waals surface area contributed by atoms with Gasteiger partial charge in [-0.3, -0.25) is 4.98 Å². The number of para-hydroxylation sites is 1. The van der Waals surface area contributed by atoms with Crippen LogP contribution in [0.1, 0.15) is 0 Å². The molecular weight excluding hydrogens is 334 g/mol. The van der Waals surface area contributed by atoms with Crippen LogP contribution in [-0.2, 0) is 0 Å². The van der Waals surface area contributed by atoms with Crippen molar-refractivity contribution in [3.05, 3.63) is 67.0 Å². The smallest absolute Gasteiger partial charge is 0.158 e. The maximum atomic E-state index is 9.60. The number of phenolic OH excluding ortho intramolecular Hbond substituents is 2. The number of pyridine rings is 1. The summed E-state index contributed by atoms with van der Waals surface area (Å²) in [4.78, 5) is 14.2. The minimum absolute atomic E-state index is 0.149. The fourth-order valence-electron chi connectivity index (χ4n) is 2.42. The van der Waals surface area contributed by atoms with E-state index in [4.69, 9.17) is 0 Å². The number of benzene rings is 2. The van der Waals surface area contributed by atoms with Gasteiger partial charge in [0.05, 0.1) is 23.6 Å². The van der Waals surface area contributed by atoms with Crippen LogP contribution in [0.5, 0.6) is 11.5 Å². The zero-order valence-corrected chi connectivity index (χ0v) is 13.8. The molecule has 25 heavy (non-hydrogen) atoms. The molecule has 0 unspecified atom stereocenters. The average Bonchev–Trinajstić information content (AvgIpc) is 2.65. The molecule has 4 rings (SSSR count). The zero-order valence-electron chi connectivity index (χ0n) is 13.0. The van der Waals surface area contributed by atoms with Crippen LogP contribution in [0, 0.1) is 0 Å². The second-order valence-electron chi connectivity index (χ2n) is 5.38. The molecule has 2 heterocycles. The number of aromatic hydroxyl groups is 2. The van der Waals surface area contributed by atoms with Crippen LogP contribution in [0.15, 0.2) is 76.9 Å². The lowest BCUT2D eigenvalue weighted by atomic mass is 10.2. The number of hydrogen-bond donors (Lipinski definition) is 2. The fraction of sp³-hybridized carbons (Fsp3) is 0. The minimum Gasteiger partial charge on any atom is -0.504 e. The second-order valence-corrected chi connectivity index (χ2v) is 6.48. The molecule has 0 radical (unpaired) electrons. The first-order valence-electron chi connectivity index (χ1n) is 7.57. The molecule has 0 saturated heterocycles. The van der Waals surface area contributed by atoms with Gasteiger partial charge in [-0.25, -0.2) is 9.97 Å². The van der Waals surface area contributed by atoms with Crippen molar-refractivity contribution in [1.82, 2.24) is 15.0 Å². The van der Waals surface area contributed by atoms with Gasteiger partial charge in [0, 0.05) is 10.3 Å². The van der Waals surface area contributed by atoms with Crippen molar-refractivity contribution in [3.63, 3.8) is 0 Å². The largest absolute Gasteiger partial charge is 0.504 e. The van der Waals surface area contributed by atoms with Gasteiger partial charge in [-0.15, -0.1) is 0 Å². The highest BCUT2D eigenvalue weighted by molar-refractivity contribution is 7.99. The van der Waals surface area contributed by atoms with E-state index in [-0.39, 0.29) is 11.5 Å². The average molecular weight is 347 g/mol. The van der Waals surface area contributed by atoms with E-state index >= 15 is 0 Å². The zero-order chi connectivity index (χ0) is 17.2. The van der Waals surface area contributed by atoms with Crippen molar-refractivity contribution in [1.29, 1.82) is 0 Å². The third-order valence-electron chi connectivity index (χ3n) is 3.64. The van der Waals surface area contributed by atoms with Crippen molar-refractivity contribution in [3.8, 4) is 22.9 Å². The molecule has 0 atom stereocenters. The summed E-state index contributed by atoms with van der Waals surface area (Å²) in [5.41, 5.74) is 2.34. The van der Waals surface area contributed by atoms with E-state index in [1.165, 1.54) is 23.9 Å².